The summed E-state index contributed by atoms with van der Waals surface area (Å²) < 4.78 is 33.2. The second kappa shape index (κ2) is 11.1. The molecule has 2 aromatic carbocycles. The lowest BCUT2D eigenvalue weighted by atomic mass is 9.90. The number of carbonyl (C=O) groups is 1. The number of hydrogen-bond acceptors (Lipinski definition) is 8. The molecule has 1 atom stereocenters. The number of anilines is 3. The fourth-order valence-electron chi connectivity index (χ4n) is 5.18. The number of sulfonamides is 1. The number of amides is 1. The van der Waals surface area contributed by atoms with Crippen LogP contribution in [0.25, 0.3) is 16.8 Å². The standard InChI is InChI=1S/C28H33N7O4S/c1-33(40(3,37)38)24-9-5-4-8-22(24)25-13-11-21-16-30-28(32-35(21)25)31-23-12-10-19(15-26(23)39-2)20-7-6-14-34(17-20)18-27(29)36/h4-5,8-13,15-16,20H,6-7,14,17-18H2,1-3H3,(H2,29,36)(H,31,32). The van der Waals surface area contributed by atoms with Gasteiger partial charge in [0.15, 0.2) is 0 Å². The van der Waals surface area contributed by atoms with Crippen molar-refractivity contribution < 1.29 is 17.9 Å². The van der Waals surface area contributed by atoms with E-state index >= 15 is 0 Å². The molecule has 1 aliphatic rings. The van der Waals surface area contributed by atoms with Crippen LogP contribution in [0.3, 0.4) is 0 Å². The maximum absolute atomic E-state index is 12.3. The van der Waals surface area contributed by atoms with E-state index in [4.69, 9.17) is 15.6 Å². The van der Waals surface area contributed by atoms with Gasteiger partial charge in [-0.3, -0.25) is 14.0 Å². The van der Waals surface area contributed by atoms with Gasteiger partial charge in [0.25, 0.3) is 0 Å². The lowest BCUT2D eigenvalue weighted by molar-refractivity contribution is -0.119. The number of fused-ring (bicyclic) bond motifs is 1. The normalized spacial score (nSPS) is 16.1. The molecule has 0 aliphatic carbocycles. The maximum atomic E-state index is 12.3. The average molecular weight is 564 g/mol. The summed E-state index contributed by atoms with van der Waals surface area (Å²) in [5.74, 6) is 0.971. The molecule has 0 saturated carbocycles. The number of ether oxygens (including phenoxy) is 1. The van der Waals surface area contributed by atoms with Gasteiger partial charge in [0, 0.05) is 19.2 Å². The lowest BCUT2D eigenvalue weighted by Crippen LogP contribution is -2.40. The Morgan fingerprint density at radius 3 is 2.75 bits per heavy atom. The molecule has 11 nitrogen and oxygen atoms in total. The van der Waals surface area contributed by atoms with Crippen LogP contribution < -0.4 is 20.1 Å². The number of para-hydroxylation sites is 1. The predicted molar refractivity (Wildman–Crippen MR) is 156 cm³/mol. The van der Waals surface area contributed by atoms with Crippen LogP contribution in [0.1, 0.15) is 24.3 Å². The first-order valence-corrected chi connectivity index (χ1v) is 14.8. The molecule has 0 spiro atoms. The van der Waals surface area contributed by atoms with Crippen LogP contribution in [-0.4, -0.2) is 73.9 Å². The average Bonchev–Trinajstić information content (AvgIpc) is 3.35. The van der Waals surface area contributed by atoms with Crippen molar-refractivity contribution in [3.8, 4) is 17.0 Å². The molecule has 1 amide bonds. The van der Waals surface area contributed by atoms with E-state index in [0.29, 0.717) is 23.1 Å². The van der Waals surface area contributed by atoms with E-state index in [0.717, 1.165) is 48.3 Å². The molecule has 3 heterocycles. The second-order valence-corrected chi connectivity index (χ2v) is 12.0. The molecular formula is C28H33N7O4S. The van der Waals surface area contributed by atoms with Crippen molar-refractivity contribution in [2.45, 2.75) is 18.8 Å². The topological polar surface area (TPSA) is 135 Å². The Hall–Kier alpha value is -4.16. The van der Waals surface area contributed by atoms with E-state index in [-0.39, 0.29) is 18.4 Å². The first kappa shape index (κ1) is 27.4. The molecule has 4 aromatic rings. The third-order valence-corrected chi connectivity index (χ3v) is 8.44. The van der Waals surface area contributed by atoms with Crippen LogP contribution in [0.4, 0.5) is 17.3 Å². The Balaban J connectivity index is 1.43. The van der Waals surface area contributed by atoms with Gasteiger partial charge in [-0.15, -0.1) is 5.10 Å². The van der Waals surface area contributed by atoms with Gasteiger partial charge >= 0.3 is 0 Å². The highest BCUT2D eigenvalue weighted by molar-refractivity contribution is 7.92. The molecule has 1 saturated heterocycles. The number of hydrogen-bond donors (Lipinski definition) is 2. The Bertz CT molecular complexity index is 1650. The molecule has 0 radical (unpaired) electrons. The third kappa shape index (κ3) is 5.73. The molecule has 210 valence electrons. The number of piperidine rings is 1. The van der Waals surface area contributed by atoms with Crippen LogP contribution in [0, 0.1) is 0 Å². The predicted octanol–water partition coefficient (Wildman–Crippen LogP) is 3.21. The summed E-state index contributed by atoms with van der Waals surface area (Å²) >= 11 is 0. The van der Waals surface area contributed by atoms with Gasteiger partial charge in [-0.1, -0.05) is 24.3 Å². The smallest absolute Gasteiger partial charge is 0.245 e. The van der Waals surface area contributed by atoms with Crippen molar-refractivity contribution in [2.75, 3.05) is 49.7 Å². The summed E-state index contributed by atoms with van der Waals surface area (Å²) in [6, 6.07) is 17.1. The molecule has 3 N–H and O–H groups in total. The van der Waals surface area contributed by atoms with Gasteiger partial charge in [0.1, 0.15) is 5.75 Å². The Labute approximate surface area is 233 Å². The summed E-state index contributed by atoms with van der Waals surface area (Å²) in [6.07, 6.45) is 4.90. The summed E-state index contributed by atoms with van der Waals surface area (Å²) in [6.45, 7) is 1.90. The highest BCUT2D eigenvalue weighted by Gasteiger charge is 2.23. The highest BCUT2D eigenvalue weighted by atomic mass is 32.2. The Morgan fingerprint density at radius 2 is 2.00 bits per heavy atom. The molecule has 40 heavy (non-hydrogen) atoms. The zero-order valence-corrected chi connectivity index (χ0v) is 23.6. The maximum Gasteiger partial charge on any atom is 0.245 e. The van der Waals surface area contributed by atoms with Gasteiger partial charge in [0.2, 0.25) is 21.9 Å². The van der Waals surface area contributed by atoms with Crippen molar-refractivity contribution >= 4 is 38.8 Å². The molecule has 12 heteroatoms. The lowest BCUT2D eigenvalue weighted by Gasteiger charge is -2.32. The van der Waals surface area contributed by atoms with Crippen molar-refractivity contribution in [1.29, 1.82) is 0 Å². The fraction of sp³-hybridized carbons (Fsp3) is 0.321. The number of nitrogens with two attached hydrogens (primary N) is 1. The number of primary amides is 1. The SMILES string of the molecule is COc1cc(C2CCCN(CC(N)=O)C2)ccc1Nc1ncc2ccc(-c3ccccc3N(C)S(C)(=O)=O)n2n1. The molecular weight excluding hydrogens is 530 g/mol. The summed E-state index contributed by atoms with van der Waals surface area (Å²) in [4.78, 5) is 18.0. The summed E-state index contributed by atoms with van der Waals surface area (Å²) in [5, 5.41) is 7.98. The number of aromatic nitrogens is 3. The monoisotopic (exact) mass is 563 g/mol. The Kier molecular flexibility index (Phi) is 7.63. The minimum Gasteiger partial charge on any atom is -0.495 e. The van der Waals surface area contributed by atoms with Crippen LogP contribution in [0.5, 0.6) is 5.75 Å². The van der Waals surface area contributed by atoms with Crippen molar-refractivity contribution in [3.63, 3.8) is 0 Å². The van der Waals surface area contributed by atoms with Crippen LogP contribution in [-0.2, 0) is 14.8 Å². The number of carbonyl (C=O) groups excluding carboxylic acids is 1. The zero-order valence-electron chi connectivity index (χ0n) is 22.7. The number of likely N-dealkylation sites (tertiary alicyclic amines) is 1. The number of methoxy groups -OCH3 is 1. The summed E-state index contributed by atoms with van der Waals surface area (Å²) in [7, 11) is -0.307. The molecule has 1 unspecified atom stereocenters. The zero-order chi connectivity index (χ0) is 28.4. The molecule has 0 bridgehead atoms. The van der Waals surface area contributed by atoms with Gasteiger partial charge in [0.05, 0.1) is 48.7 Å². The second-order valence-electron chi connectivity index (χ2n) is 10.0. The van der Waals surface area contributed by atoms with Crippen molar-refractivity contribution in [2.24, 2.45) is 5.73 Å². The van der Waals surface area contributed by atoms with E-state index in [1.165, 1.54) is 17.6 Å². The largest absolute Gasteiger partial charge is 0.495 e. The molecule has 2 aromatic heterocycles. The molecule has 5 rings (SSSR count). The van der Waals surface area contributed by atoms with E-state index in [9.17, 15) is 13.2 Å². The quantitative estimate of drug-likeness (QED) is 0.317. The minimum absolute atomic E-state index is 0.267. The first-order valence-electron chi connectivity index (χ1n) is 13.0. The van der Waals surface area contributed by atoms with Gasteiger partial charge in [-0.05, 0) is 61.2 Å². The van der Waals surface area contributed by atoms with E-state index in [2.05, 4.69) is 21.3 Å². The first-order chi connectivity index (χ1) is 19.1. The number of rotatable bonds is 9. The van der Waals surface area contributed by atoms with Crippen LogP contribution >= 0.6 is 0 Å². The van der Waals surface area contributed by atoms with Crippen molar-refractivity contribution in [1.82, 2.24) is 19.5 Å². The fourth-order valence-corrected chi connectivity index (χ4v) is 5.70. The van der Waals surface area contributed by atoms with E-state index in [1.807, 2.05) is 36.4 Å². The number of benzene rings is 2. The van der Waals surface area contributed by atoms with E-state index < -0.39 is 10.0 Å². The van der Waals surface area contributed by atoms with Crippen LogP contribution in [0.15, 0.2) is 60.8 Å². The van der Waals surface area contributed by atoms with Gasteiger partial charge in [-0.25, -0.2) is 17.9 Å². The molecule has 1 aliphatic heterocycles. The third-order valence-electron chi connectivity index (χ3n) is 7.24. The molecule has 1 fully saturated rings. The highest BCUT2D eigenvalue weighted by Crippen LogP contribution is 2.35. The summed E-state index contributed by atoms with van der Waals surface area (Å²) in [5.41, 5.74) is 10.0. The van der Waals surface area contributed by atoms with Crippen molar-refractivity contribution in [3.05, 3.63) is 66.4 Å². The van der Waals surface area contributed by atoms with Crippen LogP contribution in [0.2, 0.25) is 0 Å². The minimum atomic E-state index is -3.46. The van der Waals surface area contributed by atoms with Gasteiger partial charge < -0.3 is 15.8 Å². The van der Waals surface area contributed by atoms with Gasteiger partial charge in [-0.2, -0.15) is 0 Å². The number of nitrogens with one attached hydrogen (secondary N) is 1. The van der Waals surface area contributed by atoms with E-state index in [1.54, 1.807) is 30.0 Å². The number of nitrogens with zero attached hydrogens (tertiary/aromatic N) is 5. The Morgan fingerprint density at radius 1 is 1.20 bits per heavy atom.